The molecule has 0 aliphatic carbocycles. The van der Waals surface area contributed by atoms with Gasteiger partial charge in [-0.05, 0) is 63.2 Å². The van der Waals surface area contributed by atoms with Gasteiger partial charge in [-0.25, -0.2) is 0 Å². The van der Waals surface area contributed by atoms with E-state index < -0.39 is 0 Å². The van der Waals surface area contributed by atoms with Crippen molar-refractivity contribution in [2.24, 2.45) is 0 Å². The van der Waals surface area contributed by atoms with Crippen LogP contribution in [0.15, 0.2) is 94.2 Å². The molecule has 0 N–H and O–H groups in total. The predicted molar refractivity (Wildman–Crippen MR) is 192 cm³/mol. The maximum atomic E-state index is 6.64. The predicted octanol–water partition coefficient (Wildman–Crippen LogP) is 11.6. The number of ether oxygens (including phenoxy) is 1. The third-order valence-electron chi connectivity index (χ3n) is 9.12. The van der Waals surface area contributed by atoms with Crippen LogP contribution in [-0.2, 0) is 26.5 Å². The van der Waals surface area contributed by atoms with Crippen LogP contribution in [0.25, 0.3) is 61.4 Å². The number of benzene rings is 4. The molecular weight excluding hydrogens is 790 g/mol. The number of rotatable bonds is 7. The Morgan fingerprint density at radius 1 is 0.755 bits per heavy atom. The molecule has 0 unspecified atom stereocenters. The van der Waals surface area contributed by atoms with Gasteiger partial charge in [0.15, 0.2) is 0 Å². The maximum Gasteiger partial charge on any atom is 2.00 e. The number of hydrogen-bond donors (Lipinski definition) is 0. The minimum absolute atomic E-state index is 0. The van der Waals surface area contributed by atoms with Gasteiger partial charge in [0.1, 0.15) is 11.2 Å². The summed E-state index contributed by atoms with van der Waals surface area (Å²) in [6.07, 6.45) is 5.72. The molecule has 0 saturated heterocycles. The quantitative estimate of drug-likeness (QED) is 0.150. The second-order valence-corrected chi connectivity index (χ2v) is 14.1. The Labute approximate surface area is 300 Å². The molecule has 0 bridgehead atoms. The van der Waals surface area contributed by atoms with Crippen molar-refractivity contribution in [1.29, 1.82) is 0 Å². The van der Waals surface area contributed by atoms with Crippen LogP contribution in [0.1, 0.15) is 77.0 Å². The third kappa shape index (κ3) is 5.56. The summed E-state index contributed by atoms with van der Waals surface area (Å²) in [5.74, 6) is 2.46. The average Bonchev–Trinajstić information content (AvgIpc) is 3.81. The van der Waals surface area contributed by atoms with E-state index in [1.807, 2.05) is 55.0 Å². The van der Waals surface area contributed by atoms with Crippen LogP contribution in [0.4, 0.5) is 0 Å². The Kier molecular flexibility index (Phi) is 8.27. The second kappa shape index (κ2) is 12.3. The summed E-state index contributed by atoms with van der Waals surface area (Å²) in [7, 11) is 0. The molecule has 0 radical (unpaired) electrons. The number of hydrogen-bond acceptors (Lipinski definition) is 5. The van der Waals surface area contributed by atoms with Crippen molar-refractivity contribution in [3.63, 3.8) is 0 Å². The van der Waals surface area contributed by atoms with Crippen molar-refractivity contribution in [2.45, 2.75) is 65.7 Å². The monoisotopic (exact) mass is 826 g/mol. The number of imidazole rings is 1. The van der Waals surface area contributed by atoms with Gasteiger partial charge in [0, 0.05) is 30.0 Å². The molecule has 7 heteroatoms. The van der Waals surface area contributed by atoms with Crippen LogP contribution in [0.5, 0.6) is 11.5 Å². The molecule has 248 valence electrons. The van der Waals surface area contributed by atoms with Gasteiger partial charge in [-0.1, -0.05) is 96.5 Å². The molecule has 0 amide bonds. The van der Waals surface area contributed by atoms with E-state index in [0.717, 1.165) is 44.6 Å². The zero-order valence-corrected chi connectivity index (χ0v) is 30.9. The van der Waals surface area contributed by atoms with Gasteiger partial charge < -0.3 is 23.1 Å². The molecule has 8 aromatic rings. The van der Waals surface area contributed by atoms with Crippen molar-refractivity contribution >= 4 is 33.1 Å². The molecule has 6 nitrogen and oxygen atoms in total. The van der Waals surface area contributed by atoms with Crippen molar-refractivity contribution < 1.29 is 34.6 Å². The first-order chi connectivity index (χ1) is 23.1. The SMILES string of the molecule is CC(C)c1cccc(C(C)C)c1-n1ccnc1-c1[c-]c(Oc2[c-]c(-c3cc(C(C)(C)C)ccn3)c3oc4cccc5oc2c3c54)ccc1.[Pt+2]. The van der Waals surface area contributed by atoms with Gasteiger partial charge in [-0.3, -0.25) is 4.98 Å². The smallest absolute Gasteiger partial charge is 0.500 e. The Morgan fingerprint density at radius 3 is 2.12 bits per heavy atom. The Morgan fingerprint density at radius 2 is 1.43 bits per heavy atom. The van der Waals surface area contributed by atoms with Crippen LogP contribution in [0.2, 0.25) is 0 Å². The van der Waals surface area contributed by atoms with Gasteiger partial charge >= 0.3 is 21.1 Å². The molecule has 4 aromatic carbocycles. The molecule has 0 saturated carbocycles. The van der Waals surface area contributed by atoms with E-state index in [2.05, 4.69) is 95.5 Å². The fraction of sp³-hybridized carbons (Fsp3) is 0.238. The summed E-state index contributed by atoms with van der Waals surface area (Å²) < 4.78 is 21.7. The van der Waals surface area contributed by atoms with Gasteiger partial charge in [-0.15, -0.1) is 23.8 Å². The summed E-state index contributed by atoms with van der Waals surface area (Å²) >= 11 is 0. The van der Waals surface area contributed by atoms with Gasteiger partial charge in [-0.2, -0.15) is 0 Å². The number of para-hydroxylation sites is 1. The zero-order chi connectivity index (χ0) is 33.3. The number of pyridine rings is 1. The number of aromatic nitrogens is 3. The first-order valence-electron chi connectivity index (χ1n) is 16.5. The molecule has 0 aliphatic rings. The molecule has 4 aromatic heterocycles. The molecule has 0 aliphatic heterocycles. The summed E-state index contributed by atoms with van der Waals surface area (Å²) in [6.45, 7) is 15.5. The zero-order valence-electron chi connectivity index (χ0n) is 28.6. The summed E-state index contributed by atoms with van der Waals surface area (Å²) in [4.78, 5) is 9.57. The topological polar surface area (TPSA) is 66.2 Å². The fourth-order valence-corrected chi connectivity index (χ4v) is 6.65. The Balaban J connectivity index is 0.00000378. The van der Waals surface area contributed by atoms with Crippen LogP contribution < -0.4 is 4.74 Å². The fourth-order valence-electron chi connectivity index (χ4n) is 6.65. The van der Waals surface area contributed by atoms with Crippen molar-refractivity contribution in [1.82, 2.24) is 14.5 Å². The average molecular weight is 827 g/mol. The normalized spacial score (nSPS) is 12.2. The minimum Gasteiger partial charge on any atom is -0.500 e. The molecule has 49 heavy (non-hydrogen) atoms. The molecule has 4 heterocycles. The molecule has 0 spiro atoms. The van der Waals surface area contributed by atoms with Gasteiger partial charge in [0.2, 0.25) is 0 Å². The Hall–Kier alpha value is -4.67. The first kappa shape index (κ1) is 32.9. The van der Waals surface area contributed by atoms with Gasteiger partial charge in [0.25, 0.3) is 0 Å². The van der Waals surface area contributed by atoms with E-state index in [1.54, 1.807) is 0 Å². The standard InChI is InChI=1S/C42H37N3O3.Pt/c1-24(2)29-13-9-14-30(25(3)4)38(29)45-20-19-44-41(45)26-11-8-12-28(21-26)46-35-23-31(32-22-27(17-18-43-32)42(5,6)7)39-37-36-33(47-39)15-10-16-34(36)48-40(35)37;/h8-20,22,24-25H,1-7H3;/q-2;+2. The van der Waals surface area contributed by atoms with E-state index in [4.69, 9.17) is 23.5 Å². The third-order valence-corrected chi connectivity index (χ3v) is 9.12. The molecule has 0 fully saturated rings. The van der Waals surface area contributed by atoms with Crippen LogP contribution >= 0.6 is 0 Å². The first-order valence-corrected chi connectivity index (χ1v) is 16.5. The minimum atomic E-state index is -0.0547. The molecular formula is C42H37N3O3Pt. The maximum absolute atomic E-state index is 6.64. The van der Waals surface area contributed by atoms with Crippen molar-refractivity contribution in [3.8, 4) is 39.8 Å². The second-order valence-electron chi connectivity index (χ2n) is 14.1. The summed E-state index contributed by atoms with van der Waals surface area (Å²) in [6, 6.07) is 29.5. The molecule has 8 rings (SSSR count). The van der Waals surface area contributed by atoms with E-state index >= 15 is 0 Å². The van der Waals surface area contributed by atoms with Crippen LogP contribution in [0.3, 0.4) is 0 Å². The van der Waals surface area contributed by atoms with E-state index in [1.165, 1.54) is 22.4 Å². The van der Waals surface area contributed by atoms with Crippen LogP contribution in [-0.4, -0.2) is 14.5 Å². The number of furan rings is 2. The Bertz CT molecular complexity index is 2410. The van der Waals surface area contributed by atoms with E-state index in [0.29, 0.717) is 34.5 Å². The number of nitrogens with zero attached hydrogens (tertiary/aromatic N) is 3. The van der Waals surface area contributed by atoms with Gasteiger partial charge in [0.05, 0.1) is 28.1 Å². The van der Waals surface area contributed by atoms with E-state index in [9.17, 15) is 0 Å². The molecule has 0 atom stereocenters. The van der Waals surface area contributed by atoms with Crippen LogP contribution in [0, 0.1) is 12.1 Å². The van der Waals surface area contributed by atoms with Crippen molar-refractivity contribution in [2.75, 3.05) is 0 Å². The van der Waals surface area contributed by atoms with Crippen molar-refractivity contribution in [3.05, 3.63) is 114 Å². The van der Waals surface area contributed by atoms with E-state index in [-0.39, 0.29) is 26.5 Å². The summed E-state index contributed by atoms with van der Waals surface area (Å²) in [5, 5.41) is 1.80. The summed E-state index contributed by atoms with van der Waals surface area (Å²) in [5.41, 5.74) is 9.88. The largest absolute Gasteiger partial charge is 2.00 e.